The molecular weight excluding hydrogens is 342 g/mol. The molecule has 4 rings (SSSR count). The Balaban J connectivity index is 1.55. The minimum Gasteiger partial charge on any atom is -0.369 e. The number of halogens is 1. The van der Waals surface area contributed by atoms with E-state index in [1.54, 1.807) is 17.1 Å². The number of primary amides is 1. The molecule has 0 unspecified atom stereocenters. The van der Waals surface area contributed by atoms with Gasteiger partial charge in [0.1, 0.15) is 5.02 Å². The molecule has 2 fully saturated rings. The van der Waals surface area contributed by atoms with Gasteiger partial charge in [-0.25, -0.2) is 4.98 Å². The lowest BCUT2D eigenvalue weighted by Crippen LogP contribution is -2.42. The summed E-state index contributed by atoms with van der Waals surface area (Å²) >= 11 is 6.26. The van der Waals surface area contributed by atoms with Crippen molar-refractivity contribution in [3.63, 3.8) is 0 Å². The Bertz CT molecular complexity index is 808. The molecular formula is C16H20ClN7O. The van der Waals surface area contributed by atoms with Crippen molar-refractivity contribution in [1.82, 2.24) is 19.7 Å². The molecule has 0 spiro atoms. The van der Waals surface area contributed by atoms with Gasteiger partial charge in [-0.3, -0.25) is 9.48 Å². The van der Waals surface area contributed by atoms with Crippen LogP contribution in [0.15, 0.2) is 18.6 Å². The molecule has 2 saturated carbocycles. The highest BCUT2D eigenvalue weighted by atomic mass is 35.5. The largest absolute Gasteiger partial charge is 0.369 e. The maximum Gasteiger partial charge on any atom is 0.229 e. The molecule has 132 valence electrons. The molecule has 9 heteroatoms. The Labute approximate surface area is 150 Å². The summed E-state index contributed by atoms with van der Waals surface area (Å²) in [4.78, 5) is 20.5. The van der Waals surface area contributed by atoms with Crippen LogP contribution < -0.4 is 16.4 Å². The number of hydrogen-bond donors (Lipinski definition) is 3. The van der Waals surface area contributed by atoms with Crippen molar-refractivity contribution in [1.29, 1.82) is 0 Å². The topological polar surface area (TPSA) is 111 Å². The van der Waals surface area contributed by atoms with E-state index in [0.717, 1.165) is 24.9 Å². The third-order valence-corrected chi connectivity index (χ3v) is 5.53. The van der Waals surface area contributed by atoms with Crippen molar-refractivity contribution in [3.8, 4) is 0 Å². The SMILES string of the molecule is Cn1cc(Nc2ncc(Cl)c(N[C@@H]3[C@@H]4CC[C@@H](C4)[C@@H]3C(N)=O)n2)cn1. The number of carbonyl (C=O) groups is 1. The molecule has 0 radical (unpaired) electrons. The fourth-order valence-electron chi connectivity index (χ4n) is 4.21. The molecule has 0 aliphatic heterocycles. The number of rotatable bonds is 5. The fourth-order valence-corrected chi connectivity index (χ4v) is 4.36. The Morgan fingerprint density at radius 2 is 2.16 bits per heavy atom. The molecule has 8 nitrogen and oxygen atoms in total. The van der Waals surface area contributed by atoms with Crippen LogP contribution >= 0.6 is 11.6 Å². The van der Waals surface area contributed by atoms with E-state index in [9.17, 15) is 4.79 Å². The van der Waals surface area contributed by atoms with Gasteiger partial charge >= 0.3 is 0 Å². The highest BCUT2D eigenvalue weighted by Gasteiger charge is 2.50. The Morgan fingerprint density at radius 1 is 1.36 bits per heavy atom. The van der Waals surface area contributed by atoms with Crippen LogP contribution in [0.4, 0.5) is 17.5 Å². The number of anilines is 3. The highest BCUT2D eigenvalue weighted by molar-refractivity contribution is 6.32. The van der Waals surface area contributed by atoms with Gasteiger partial charge in [0, 0.05) is 19.3 Å². The van der Waals surface area contributed by atoms with Crippen LogP contribution in [0.25, 0.3) is 0 Å². The highest BCUT2D eigenvalue weighted by Crippen LogP contribution is 2.49. The van der Waals surface area contributed by atoms with E-state index in [1.165, 1.54) is 0 Å². The van der Waals surface area contributed by atoms with E-state index in [2.05, 4.69) is 25.7 Å². The Hall–Kier alpha value is -2.35. The summed E-state index contributed by atoms with van der Waals surface area (Å²) in [5, 5.41) is 11.0. The first-order valence-electron chi connectivity index (χ1n) is 8.35. The molecule has 2 heterocycles. The molecule has 2 aromatic heterocycles. The van der Waals surface area contributed by atoms with Crippen LogP contribution in [0.5, 0.6) is 0 Å². The van der Waals surface area contributed by atoms with E-state index >= 15 is 0 Å². The summed E-state index contributed by atoms with van der Waals surface area (Å²) in [6.45, 7) is 0. The van der Waals surface area contributed by atoms with Gasteiger partial charge in [-0.15, -0.1) is 0 Å². The lowest BCUT2D eigenvalue weighted by atomic mass is 9.84. The molecule has 2 aliphatic carbocycles. The van der Waals surface area contributed by atoms with Gasteiger partial charge in [-0.2, -0.15) is 10.1 Å². The van der Waals surface area contributed by atoms with E-state index in [0.29, 0.717) is 28.6 Å². The zero-order valence-corrected chi connectivity index (χ0v) is 14.6. The normalized spacial score (nSPS) is 27.4. The van der Waals surface area contributed by atoms with Crippen LogP contribution in [0.3, 0.4) is 0 Å². The predicted molar refractivity (Wildman–Crippen MR) is 94.5 cm³/mol. The average molecular weight is 362 g/mol. The minimum atomic E-state index is -0.247. The summed E-state index contributed by atoms with van der Waals surface area (Å²) < 4.78 is 1.68. The van der Waals surface area contributed by atoms with E-state index in [4.69, 9.17) is 17.3 Å². The Kier molecular flexibility index (Phi) is 3.99. The first-order chi connectivity index (χ1) is 12.0. The lowest BCUT2D eigenvalue weighted by molar-refractivity contribution is -0.123. The smallest absolute Gasteiger partial charge is 0.229 e. The standard InChI is InChI=1S/C16H20ClN7O/c1-24-7-10(5-20-24)21-16-19-6-11(17)15(23-16)22-13-9-3-2-8(4-9)12(13)14(18)25/h5-9,12-13H,2-4H2,1H3,(H2,18,25)(H2,19,21,22,23)/t8-,9+,12-,13+/m0/s1. The first-order valence-corrected chi connectivity index (χ1v) is 8.73. The quantitative estimate of drug-likeness (QED) is 0.750. The molecule has 0 aromatic carbocycles. The Morgan fingerprint density at radius 3 is 2.88 bits per heavy atom. The number of amides is 1. The predicted octanol–water partition coefficient (Wildman–Crippen LogP) is 1.92. The molecule has 2 aromatic rings. The number of fused-ring (bicyclic) bond motifs is 2. The van der Waals surface area contributed by atoms with Gasteiger partial charge in [0.25, 0.3) is 0 Å². The molecule has 0 saturated heterocycles. The third kappa shape index (κ3) is 3.02. The second-order valence-electron chi connectivity index (χ2n) is 6.85. The molecule has 2 bridgehead atoms. The summed E-state index contributed by atoms with van der Waals surface area (Å²) in [5.41, 5.74) is 6.42. The molecule has 4 atom stereocenters. The fraction of sp³-hybridized carbons (Fsp3) is 0.500. The van der Waals surface area contributed by atoms with E-state index in [-0.39, 0.29) is 17.9 Å². The minimum absolute atomic E-state index is 0.0186. The number of aryl methyl sites for hydroxylation is 1. The molecule has 4 N–H and O–H groups in total. The van der Waals surface area contributed by atoms with Crippen molar-refractivity contribution in [2.24, 2.45) is 30.5 Å². The second-order valence-corrected chi connectivity index (χ2v) is 7.26. The van der Waals surface area contributed by atoms with Crippen molar-refractivity contribution >= 4 is 35.0 Å². The van der Waals surface area contributed by atoms with Crippen LogP contribution in [0.1, 0.15) is 19.3 Å². The van der Waals surface area contributed by atoms with Crippen molar-refractivity contribution in [2.45, 2.75) is 25.3 Å². The summed E-state index contributed by atoms with van der Waals surface area (Å²) in [7, 11) is 1.83. The maximum atomic E-state index is 11.9. The number of nitrogens with two attached hydrogens (primary N) is 1. The second kappa shape index (κ2) is 6.18. The van der Waals surface area contributed by atoms with Crippen LogP contribution in [-0.4, -0.2) is 31.7 Å². The van der Waals surface area contributed by atoms with Crippen molar-refractivity contribution in [2.75, 3.05) is 10.6 Å². The van der Waals surface area contributed by atoms with Crippen LogP contribution in [0, 0.1) is 17.8 Å². The lowest BCUT2D eigenvalue weighted by Gasteiger charge is -2.30. The van der Waals surface area contributed by atoms with Crippen molar-refractivity contribution in [3.05, 3.63) is 23.6 Å². The van der Waals surface area contributed by atoms with Crippen LogP contribution in [0.2, 0.25) is 5.02 Å². The zero-order valence-electron chi connectivity index (χ0n) is 13.8. The summed E-state index contributed by atoms with van der Waals surface area (Å²) in [6, 6.07) is -0.0186. The molecule has 1 amide bonds. The number of hydrogen-bond acceptors (Lipinski definition) is 6. The number of nitrogens with zero attached hydrogens (tertiary/aromatic N) is 4. The van der Waals surface area contributed by atoms with Gasteiger partial charge in [0.2, 0.25) is 11.9 Å². The zero-order chi connectivity index (χ0) is 17.6. The van der Waals surface area contributed by atoms with Gasteiger partial charge in [-0.1, -0.05) is 11.6 Å². The van der Waals surface area contributed by atoms with Gasteiger partial charge in [-0.05, 0) is 31.1 Å². The van der Waals surface area contributed by atoms with Crippen LogP contribution in [-0.2, 0) is 11.8 Å². The molecule has 25 heavy (non-hydrogen) atoms. The van der Waals surface area contributed by atoms with Gasteiger partial charge in [0.15, 0.2) is 5.82 Å². The van der Waals surface area contributed by atoms with E-state index < -0.39 is 0 Å². The average Bonchev–Trinajstić information content (AvgIpc) is 3.26. The van der Waals surface area contributed by atoms with Gasteiger partial charge < -0.3 is 16.4 Å². The van der Waals surface area contributed by atoms with Crippen molar-refractivity contribution < 1.29 is 4.79 Å². The number of carbonyl (C=O) groups excluding carboxylic acids is 1. The first kappa shape index (κ1) is 16.1. The molecule has 2 aliphatic rings. The maximum absolute atomic E-state index is 11.9. The number of aromatic nitrogens is 4. The van der Waals surface area contributed by atoms with E-state index in [1.807, 2.05) is 13.2 Å². The monoisotopic (exact) mass is 361 g/mol. The van der Waals surface area contributed by atoms with Gasteiger partial charge in [0.05, 0.1) is 24.0 Å². The number of nitrogens with one attached hydrogen (secondary N) is 2. The summed E-state index contributed by atoms with van der Waals surface area (Å²) in [6.07, 6.45) is 8.27. The third-order valence-electron chi connectivity index (χ3n) is 5.25. The summed E-state index contributed by atoms with van der Waals surface area (Å²) in [5.74, 6) is 1.32.